The van der Waals surface area contributed by atoms with Gasteiger partial charge in [-0.05, 0) is 37.9 Å². The lowest BCUT2D eigenvalue weighted by Gasteiger charge is -2.21. The fourth-order valence-electron chi connectivity index (χ4n) is 4.30. The lowest BCUT2D eigenvalue weighted by atomic mass is 9.94. The second-order valence-electron chi connectivity index (χ2n) is 8.19. The third-order valence-electron chi connectivity index (χ3n) is 5.90. The van der Waals surface area contributed by atoms with E-state index >= 15 is 0 Å². The minimum Gasteiger partial charge on any atom is -0.493 e. The van der Waals surface area contributed by atoms with Gasteiger partial charge in [-0.3, -0.25) is 15.1 Å². The van der Waals surface area contributed by atoms with Crippen molar-refractivity contribution in [3.63, 3.8) is 0 Å². The fraction of sp³-hybridized carbons (Fsp3) is 0.409. The molecule has 5 rings (SSSR count). The number of piperidine rings is 1. The van der Waals surface area contributed by atoms with E-state index in [1.54, 1.807) is 11.6 Å². The minimum absolute atomic E-state index is 0.229. The fourth-order valence-corrected chi connectivity index (χ4v) is 4.30. The molecule has 31 heavy (non-hydrogen) atoms. The van der Waals surface area contributed by atoms with Crippen molar-refractivity contribution in [2.45, 2.75) is 38.5 Å². The first-order valence-corrected chi connectivity index (χ1v) is 10.6. The Morgan fingerprint density at radius 3 is 2.68 bits per heavy atom. The van der Waals surface area contributed by atoms with Crippen LogP contribution in [-0.4, -0.2) is 55.0 Å². The number of ether oxygens (including phenoxy) is 1. The summed E-state index contributed by atoms with van der Waals surface area (Å²) in [6.45, 7) is 6.38. The molecule has 0 radical (unpaired) electrons. The van der Waals surface area contributed by atoms with Crippen molar-refractivity contribution in [1.29, 1.82) is 0 Å². The molecule has 1 fully saturated rings. The molecule has 0 aromatic carbocycles. The van der Waals surface area contributed by atoms with Gasteiger partial charge in [0.15, 0.2) is 11.4 Å². The van der Waals surface area contributed by atoms with E-state index in [2.05, 4.69) is 39.4 Å². The molecule has 0 amide bonds. The molecule has 160 valence electrons. The lowest BCUT2D eigenvalue weighted by Crippen LogP contribution is -2.27. The van der Waals surface area contributed by atoms with E-state index in [4.69, 9.17) is 14.7 Å². The second kappa shape index (κ2) is 8.07. The van der Waals surface area contributed by atoms with Crippen LogP contribution in [0.5, 0.6) is 5.75 Å². The first-order chi connectivity index (χ1) is 15.2. The Kier molecular flexibility index (Phi) is 5.11. The molecule has 0 spiro atoms. The molecule has 1 aliphatic rings. The summed E-state index contributed by atoms with van der Waals surface area (Å²) in [6.07, 6.45) is 9.42. The van der Waals surface area contributed by atoms with Gasteiger partial charge < -0.3 is 10.1 Å². The topological polar surface area (TPSA) is 106 Å². The first kappa shape index (κ1) is 19.6. The zero-order valence-electron chi connectivity index (χ0n) is 18.0. The van der Waals surface area contributed by atoms with Crippen LogP contribution in [0, 0.1) is 0 Å². The van der Waals surface area contributed by atoms with Gasteiger partial charge in [-0.1, -0.05) is 13.8 Å². The van der Waals surface area contributed by atoms with E-state index < -0.39 is 0 Å². The van der Waals surface area contributed by atoms with Crippen molar-refractivity contribution in [1.82, 2.24) is 40.1 Å². The Balaban J connectivity index is 1.54. The Morgan fingerprint density at radius 1 is 1.13 bits per heavy atom. The number of methoxy groups -OCH3 is 1. The molecule has 5 heterocycles. The SMILES string of the molecule is COc1cc(-c2n[nH]c(-c3cnc(C4CCNCC4)cn3)c2C(C)C)cn2ncnc12. The Morgan fingerprint density at radius 2 is 1.97 bits per heavy atom. The third-order valence-corrected chi connectivity index (χ3v) is 5.90. The van der Waals surface area contributed by atoms with Crippen molar-refractivity contribution in [2.75, 3.05) is 20.2 Å². The highest BCUT2D eigenvalue weighted by Gasteiger charge is 2.23. The Labute approximate surface area is 180 Å². The number of pyridine rings is 1. The number of nitrogens with zero attached hydrogens (tertiary/aromatic N) is 6. The van der Waals surface area contributed by atoms with Gasteiger partial charge in [0.25, 0.3) is 0 Å². The monoisotopic (exact) mass is 418 g/mol. The average Bonchev–Trinajstić information content (AvgIpc) is 3.46. The van der Waals surface area contributed by atoms with E-state index in [1.807, 2.05) is 24.7 Å². The van der Waals surface area contributed by atoms with Gasteiger partial charge in [0.1, 0.15) is 12.0 Å². The number of aromatic amines is 1. The number of nitrogens with one attached hydrogen (secondary N) is 2. The Bertz CT molecular complexity index is 1190. The van der Waals surface area contributed by atoms with Gasteiger partial charge in [-0.2, -0.15) is 10.2 Å². The summed E-state index contributed by atoms with van der Waals surface area (Å²) >= 11 is 0. The molecule has 1 aliphatic heterocycles. The highest BCUT2D eigenvalue weighted by atomic mass is 16.5. The summed E-state index contributed by atoms with van der Waals surface area (Å²) in [5, 5.41) is 15.5. The molecule has 4 aromatic heterocycles. The lowest BCUT2D eigenvalue weighted by molar-refractivity contribution is 0.416. The number of rotatable bonds is 5. The van der Waals surface area contributed by atoms with Gasteiger partial charge in [0.05, 0.1) is 30.4 Å². The predicted octanol–water partition coefficient (Wildman–Crippen LogP) is 3.18. The molecule has 0 atom stereocenters. The molecule has 1 saturated heterocycles. The van der Waals surface area contributed by atoms with Crippen LogP contribution in [0.2, 0.25) is 0 Å². The van der Waals surface area contributed by atoms with Gasteiger partial charge in [0.2, 0.25) is 0 Å². The smallest absolute Gasteiger partial charge is 0.197 e. The molecule has 9 heteroatoms. The van der Waals surface area contributed by atoms with Crippen LogP contribution in [0.3, 0.4) is 0 Å². The first-order valence-electron chi connectivity index (χ1n) is 10.6. The van der Waals surface area contributed by atoms with Gasteiger partial charge in [-0.25, -0.2) is 9.50 Å². The second-order valence-corrected chi connectivity index (χ2v) is 8.19. The zero-order valence-corrected chi connectivity index (χ0v) is 18.0. The number of H-pyrrole nitrogens is 1. The summed E-state index contributed by atoms with van der Waals surface area (Å²) in [5.41, 5.74) is 6.28. The van der Waals surface area contributed by atoms with E-state index in [0.717, 1.165) is 59.8 Å². The zero-order chi connectivity index (χ0) is 21.4. The van der Waals surface area contributed by atoms with Crippen LogP contribution in [0.25, 0.3) is 28.3 Å². The minimum atomic E-state index is 0.229. The summed E-state index contributed by atoms with van der Waals surface area (Å²) in [4.78, 5) is 13.7. The van der Waals surface area contributed by atoms with Crippen LogP contribution >= 0.6 is 0 Å². The highest BCUT2D eigenvalue weighted by Crippen LogP contribution is 2.36. The van der Waals surface area contributed by atoms with Gasteiger partial charge >= 0.3 is 0 Å². The number of hydrogen-bond donors (Lipinski definition) is 2. The quantitative estimate of drug-likeness (QED) is 0.513. The maximum absolute atomic E-state index is 5.52. The van der Waals surface area contributed by atoms with Crippen LogP contribution < -0.4 is 10.1 Å². The molecular weight excluding hydrogens is 392 g/mol. The van der Waals surface area contributed by atoms with Crippen molar-refractivity contribution in [2.24, 2.45) is 0 Å². The maximum atomic E-state index is 5.52. The molecule has 4 aromatic rings. The largest absolute Gasteiger partial charge is 0.493 e. The third kappa shape index (κ3) is 3.54. The van der Waals surface area contributed by atoms with Crippen molar-refractivity contribution >= 4 is 5.65 Å². The van der Waals surface area contributed by atoms with E-state index in [0.29, 0.717) is 17.3 Å². The predicted molar refractivity (Wildman–Crippen MR) is 117 cm³/mol. The summed E-state index contributed by atoms with van der Waals surface area (Å²) < 4.78 is 7.23. The number of aromatic nitrogens is 7. The highest BCUT2D eigenvalue weighted by molar-refractivity contribution is 5.75. The normalized spacial score (nSPS) is 15.1. The van der Waals surface area contributed by atoms with Crippen LogP contribution in [0.4, 0.5) is 0 Å². The summed E-state index contributed by atoms with van der Waals surface area (Å²) in [7, 11) is 1.63. The van der Waals surface area contributed by atoms with Crippen LogP contribution in [0.15, 0.2) is 31.0 Å². The molecule has 0 aliphatic carbocycles. The number of fused-ring (bicyclic) bond motifs is 1. The molecule has 2 N–H and O–H groups in total. The van der Waals surface area contributed by atoms with Crippen molar-refractivity contribution < 1.29 is 4.74 Å². The molecule has 0 bridgehead atoms. The summed E-state index contributed by atoms with van der Waals surface area (Å²) in [5.74, 6) is 1.36. The number of hydrogen-bond acceptors (Lipinski definition) is 7. The van der Waals surface area contributed by atoms with Crippen LogP contribution in [0.1, 0.15) is 49.8 Å². The molecule has 0 saturated carbocycles. The Hall–Kier alpha value is -3.33. The maximum Gasteiger partial charge on any atom is 0.197 e. The standard InChI is InChI=1S/C22H26N8O/c1-13(2)19-20(15-8-18(31-3)22-26-12-27-30(22)11-15)28-29-21(19)17-10-24-16(9-25-17)14-4-6-23-7-5-14/h8-14,23H,4-7H2,1-3H3,(H,28,29). The summed E-state index contributed by atoms with van der Waals surface area (Å²) in [6, 6.07) is 1.95. The van der Waals surface area contributed by atoms with E-state index in [1.165, 1.54) is 6.33 Å². The van der Waals surface area contributed by atoms with E-state index in [9.17, 15) is 0 Å². The van der Waals surface area contributed by atoms with Gasteiger partial charge in [-0.15, -0.1) is 0 Å². The van der Waals surface area contributed by atoms with Gasteiger partial charge in [0, 0.05) is 29.4 Å². The molecule has 0 unspecified atom stereocenters. The average molecular weight is 419 g/mol. The van der Waals surface area contributed by atoms with Crippen molar-refractivity contribution in [3.8, 4) is 28.4 Å². The van der Waals surface area contributed by atoms with Crippen LogP contribution in [-0.2, 0) is 0 Å². The molecular formula is C22H26N8O. The van der Waals surface area contributed by atoms with Crippen molar-refractivity contribution in [3.05, 3.63) is 42.2 Å². The molecule has 9 nitrogen and oxygen atoms in total. The van der Waals surface area contributed by atoms with E-state index in [-0.39, 0.29) is 5.92 Å².